The summed E-state index contributed by atoms with van der Waals surface area (Å²) in [4.78, 5) is 0. The van der Waals surface area contributed by atoms with E-state index < -0.39 is 0 Å². The second-order valence-corrected chi connectivity index (χ2v) is 5.84. The van der Waals surface area contributed by atoms with Gasteiger partial charge in [-0.2, -0.15) is 0 Å². The summed E-state index contributed by atoms with van der Waals surface area (Å²) in [5.74, 6) is 1.53. The first kappa shape index (κ1) is 16.9. The third kappa shape index (κ3) is 4.29. The number of aryl methyl sites for hydroxylation is 2. The highest BCUT2D eigenvalue weighted by Crippen LogP contribution is 2.26. The first-order valence-electron chi connectivity index (χ1n) is 7.02. The molecular weight excluding hydrogens is 321 g/mol. The molecule has 0 bridgehead atoms. The fourth-order valence-corrected chi connectivity index (χ4v) is 2.45. The summed E-state index contributed by atoms with van der Waals surface area (Å²) in [6.07, 6.45) is 0. The molecule has 0 fully saturated rings. The van der Waals surface area contributed by atoms with Crippen molar-refractivity contribution in [3.8, 4) is 11.5 Å². The predicted octanol–water partition coefficient (Wildman–Crippen LogP) is 4.53. The minimum Gasteiger partial charge on any atom is -0.490 e. The highest BCUT2D eigenvalue weighted by atomic mass is 35.5. The second kappa shape index (κ2) is 7.73. The average Bonchev–Trinajstić information content (AvgIpc) is 2.50. The van der Waals surface area contributed by atoms with Crippen molar-refractivity contribution in [1.29, 1.82) is 0 Å². The summed E-state index contributed by atoms with van der Waals surface area (Å²) >= 11 is 12.1. The lowest BCUT2D eigenvalue weighted by atomic mass is 10.1. The van der Waals surface area contributed by atoms with E-state index >= 15 is 0 Å². The Balaban J connectivity index is 1.90. The van der Waals surface area contributed by atoms with Crippen molar-refractivity contribution in [2.45, 2.75) is 20.4 Å². The van der Waals surface area contributed by atoms with Crippen molar-refractivity contribution >= 4 is 23.2 Å². The van der Waals surface area contributed by atoms with Crippen LogP contribution in [0.2, 0.25) is 10.0 Å². The van der Waals surface area contributed by atoms with Crippen molar-refractivity contribution in [1.82, 2.24) is 0 Å². The Kier molecular flexibility index (Phi) is 5.95. The number of rotatable bonds is 6. The largest absolute Gasteiger partial charge is 0.490 e. The number of benzene rings is 2. The highest BCUT2D eigenvalue weighted by Gasteiger charge is 2.05. The minimum absolute atomic E-state index is 0.381. The first-order chi connectivity index (χ1) is 10.5. The second-order valence-electron chi connectivity index (χ2n) is 5.02. The molecule has 5 heteroatoms. The molecule has 2 N–H and O–H groups in total. The molecule has 3 nitrogen and oxygen atoms in total. The van der Waals surface area contributed by atoms with E-state index in [2.05, 4.69) is 0 Å². The average molecular weight is 340 g/mol. The normalized spacial score (nSPS) is 10.6. The van der Waals surface area contributed by atoms with Crippen LogP contribution < -0.4 is 15.2 Å². The van der Waals surface area contributed by atoms with Crippen LogP contribution in [0.15, 0.2) is 30.3 Å². The van der Waals surface area contributed by atoms with Gasteiger partial charge in [0.2, 0.25) is 0 Å². The van der Waals surface area contributed by atoms with E-state index in [4.69, 9.17) is 38.4 Å². The van der Waals surface area contributed by atoms with Crippen LogP contribution in [0.25, 0.3) is 0 Å². The van der Waals surface area contributed by atoms with Gasteiger partial charge >= 0.3 is 0 Å². The highest BCUT2D eigenvalue weighted by molar-refractivity contribution is 6.32. The van der Waals surface area contributed by atoms with Crippen molar-refractivity contribution in [2.75, 3.05) is 13.2 Å². The van der Waals surface area contributed by atoms with Crippen LogP contribution in [0.1, 0.15) is 16.7 Å². The number of ether oxygens (including phenoxy) is 2. The van der Waals surface area contributed by atoms with Gasteiger partial charge in [0.1, 0.15) is 24.7 Å². The summed E-state index contributed by atoms with van der Waals surface area (Å²) in [6, 6.07) is 9.25. The van der Waals surface area contributed by atoms with Gasteiger partial charge < -0.3 is 15.2 Å². The molecule has 2 rings (SSSR count). The molecule has 0 aromatic heterocycles. The predicted molar refractivity (Wildman–Crippen MR) is 91.3 cm³/mol. The summed E-state index contributed by atoms with van der Waals surface area (Å²) in [7, 11) is 0. The Hall–Kier alpha value is -1.42. The Bertz CT molecular complexity index is 636. The van der Waals surface area contributed by atoms with Crippen molar-refractivity contribution in [3.05, 3.63) is 57.1 Å². The number of hydrogen-bond donors (Lipinski definition) is 1. The number of hydrogen-bond acceptors (Lipinski definition) is 3. The van der Waals surface area contributed by atoms with Gasteiger partial charge in [0.05, 0.1) is 0 Å². The molecule has 0 heterocycles. The molecule has 22 heavy (non-hydrogen) atoms. The molecule has 2 aromatic rings. The summed E-state index contributed by atoms with van der Waals surface area (Å²) < 4.78 is 11.4. The van der Waals surface area contributed by atoms with Gasteiger partial charge in [-0.3, -0.25) is 0 Å². The monoisotopic (exact) mass is 339 g/mol. The Morgan fingerprint density at radius 3 is 2.23 bits per heavy atom. The SMILES string of the molecule is Cc1cc(OCCOc2ccc(Cl)cc2CN)cc(C)c1Cl. The van der Waals surface area contributed by atoms with Gasteiger partial charge in [0.25, 0.3) is 0 Å². The molecule has 0 unspecified atom stereocenters. The maximum absolute atomic E-state index is 6.13. The van der Waals surface area contributed by atoms with E-state index in [0.717, 1.165) is 33.2 Å². The summed E-state index contributed by atoms with van der Waals surface area (Å²) in [5.41, 5.74) is 8.56. The van der Waals surface area contributed by atoms with Crippen LogP contribution in [-0.2, 0) is 6.54 Å². The number of nitrogens with two attached hydrogens (primary N) is 1. The third-order valence-corrected chi connectivity index (χ3v) is 4.09. The van der Waals surface area contributed by atoms with E-state index in [1.807, 2.05) is 38.1 Å². The molecule has 0 radical (unpaired) electrons. The Morgan fingerprint density at radius 1 is 0.955 bits per heavy atom. The van der Waals surface area contributed by atoms with Gasteiger partial charge in [-0.25, -0.2) is 0 Å². The topological polar surface area (TPSA) is 44.5 Å². The molecule has 0 saturated heterocycles. The Morgan fingerprint density at radius 2 is 1.59 bits per heavy atom. The molecule has 0 aliphatic carbocycles. The van der Waals surface area contributed by atoms with Gasteiger partial charge in [0.15, 0.2) is 0 Å². The van der Waals surface area contributed by atoms with E-state index in [1.165, 1.54) is 0 Å². The molecule has 0 aliphatic heterocycles. The smallest absolute Gasteiger partial charge is 0.124 e. The zero-order chi connectivity index (χ0) is 16.1. The van der Waals surface area contributed by atoms with E-state index in [-0.39, 0.29) is 0 Å². The zero-order valence-corrected chi connectivity index (χ0v) is 14.2. The van der Waals surface area contributed by atoms with E-state index in [9.17, 15) is 0 Å². The molecule has 0 aliphatic rings. The maximum Gasteiger partial charge on any atom is 0.124 e. The standard InChI is InChI=1S/C17H19Cl2NO2/c1-11-7-15(8-12(2)17(11)19)21-5-6-22-16-4-3-14(18)9-13(16)10-20/h3-4,7-9H,5-6,10,20H2,1-2H3. The van der Waals surface area contributed by atoms with Gasteiger partial charge in [-0.15, -0.1) is 0 Å². The quantitative estimate of drug-likeness (QED) is 0.786. The summed E-state index contributed by atoms with van der Waals surface area (Å²) in [6.45, 7) is 5.16. The molecule has 0 spiro atoms. The maximum atomic E-state index is 6.13. The fraction of sp³-hybridized carbons (Fsp3) is 0.294. The van der Waals surface area contributed by atoms with Gasteiger partial charge in [0, 0.05) is 22.2 Å². The van der Waals surface area contributed by atoms with E-state index in [1.54, 1.807) is 6.07 Å². The molecule has 0 amide bonds. The molecule has 2 aromatic carbocycles. The molecular formula is C17H19Cl2NO2. The van der Waals surface area contributed by atoms with Crippen molar-refractivity contribution in [3.63, 3.8) is 0 Å². The van der Waals surface area contributed by atoms with Crippen LogP contribution in [-0.4, -0.2) is 13.2 Å². The summed E-state index contributed by atoms with van der Waals surface area (Å²) in [5, 5.41) is 1.42. The van der Waals surface area contributed by atoms with Gasteiger partial charge in [-0.05, 0) is 55.3 Å². The van der Waals surface area contributed by atoms with Crippen LogP contribution in [0.5, 0.6) is 11.5 Å². The number of halogens is 2. The molecule has 0 saturated carbocycles. The zero-order valence-electron chi connectivity index (χ0n) is 12.7. The van der Waals surface area contributed by atoms with Gasteiger partial charge in [-0.1, -0.05) is 23.2 Å². The van der Waals surface area contributed by atoms with Crippen LogP contribution in [0.3, 0.4) is 0 Å². The third-order valence-electron chi connectivity index (χ3n) is 3.26. The van der Waals surface area contributed by atoms with Crippen LogP contribution in [0, 0.1) is 13.8 Å². The lowest BCUT2D eigenvalue weighted by molar-refractivity contribution is 0.216. The minimum atomic E-state index is 0.381. The van der Waals surface area contributed by atoms with Crippen LogP contribution in [0.4, 0.5) is 0 Å². The lowest BCUT2D eigenvalue weighted by Gasteiger charge is -2.13. The van der Waals surface area contributed by atoms with Crippen molar-refractivity contribution < 1.29 is 9.47 Å². The van der Waals surface area contributed by atoms with Crippen LogP contribution >= 0.6 is 23.2 Å². The van der Waals surface area contributed by atoms with Crippen molar-refractivity contribution in [2.24, 2.45) is 5.73 Å². The fourth-order valence-electron chi connectivity index (χ4n) is 2.15. The lowest BCUT2D eigenvalue weighted by Crippen LogP contribution is -2.11. The Labute approximate surface area is 140 Å². The molecule has 118 valence electrons. The molecule has 0 atom stereocenters. The first-order valence-corrected chi connectivity index (χ1v) is 7.77. The van der Waals surface area contributed by atoms with E-state index in [0.29, 0.717) is 24.8 Å².